The standard InChI is InChI=1S/C14H21Cl2NS/c1-11(2)10-17-7-3-4-8-18-12-5-6-13(15)14(16)9-12/h5-6,9,11,17H,3-4,7-8,10H2,1-2H3. The Morgan fingerprint density at radius 3 is 2.61 bits per heavy atom. The fourth-order valence-corrected chi connectivity index (χ4v) is 2.81. The van der Waals surface area contributed by atoms with Gasteiger partial charge < -0.3 is 5.32 Å². The lowest BCUT2D eigenvalue weighted by Gasteiger charge is -2.07. The summed E-state index contributed by atoms with van der Waals surface area (Å²) in [7, 11) is 0. The third-order valence-electron chi connectivity index (χ3n) is 2.46. The summed E-state index contributed by atoms with van der Waals surface area (Å²) in [6, 6.07) is 5.82. The van der Waals surface area contributed by atoms with E-state index in [4.69, 9.17) is 23.2 Å². The second-order valence-corrected chi connectivity index (χ2v) is 6.71. The van der Waals surface area contributed by atoms with Crippen LogP contribution in [0.3, 0.4) is 0 Å². The molecule has 0 fully saturated rings. The maximum absolute atomic E-state index is 5.97. The summed E-state index contributed by atoms with van der Waals surface area (Å²) >= 11 is 13.7. The zero-order valence-electron chi connectivity index (χ0n) is 11.0. The molecule has 0 aliphatic heterocycles. The van der Waals surface area contributed by atoms with Gasteiger partial charge in [-0.15, -0.1) is 11.8 Å². The van der Waals surface area contributed by atoms with Gasteiger partial charge in [-0.25, -0.2) is 0 Å². The van der Waals surface area contributed by atoms with Gasteiger partial charge in [-0.1, -0.05) is 37.0 Å². The summed E-state index contributed by atoms with van der Waals surface area (Å²) in [4.78, 5) is 1.19. The number of nitrogens with one attached hydrogen (secondary N) is 1. The first-order chi connectivity index (χ1) is 8.59. The number of benzene rings is 1. The molecule has 0 aliphatic carbocycles. The molecule has 1 rings (SSSR count). The molecule has 0 spiro atoms. The van der Waals surface area contributed by atoms with Crippen molar-refractivity contribution in [3.8, 4) is 0 Å². The van der Waals surface area contributed by atoms with E-state index in [-0.39, 0.29) is 0 Å². The van der Waals surface area contributed by atoms with E-state index in [0.717, 1.165) is 24.8 Å². The molecule has 102 valence electrons. The van der Waals surface area contributed by atoms with Crippen LogP contribution in [-0.4, -0.2) is 18.8 Å². The molecule has 4 heteroatoms. The molecule has 0 radical (unpaired) electrons. The minimum atomic E-state index is 0.624. The molecule has 0 saturated carbocycles. The van der Waals surface area contributed by atoms with Gasteiger partial charge in [0.25, 0.3) is 0 Å². The number of thioether (sulfide) groups is 1. The van der Waals surface area contributed by atoms with Crippen LogP contribution in [0.4, 0.5) is 0 Å². The first kappa shape index (κ1) is 16.2. The quantitative estimate of drug-likeness (QED) is 0.529. The minimum Gasteiger partial charge on any atom is -0.316 e. The fraction of sp³-hybridized carbons (Fsp3) is 0.571. The van der Waals surface area contributed by atoms with Crippen molar-refractivity contribution in [3.05, 3.63) is 28.2 Å². The van der Waals surface area contributed by atoms with Crippen molar-refractivity contribution in [1.29, 1.82) is 0 Å². The maximum Gasteiger partial charge on any atom is 0.0603 e. The summed E-state index contributed by atoms with van der Waals surface area (Å²) in [5.41, 5.74) is 0. The van der Waals surface area contributed by atoms with Gasteiger partial charge in [-0.3, -0.25) is 0 Å². The predicted molar refractivity (Wildman–Crippen MR) is 84.1 cm³/mol. The van der Waals surface area contributed by atoms with Crippen LogP contribution in [-0.2, 0) is 0 Å². The third kappa shape index (κ3) is 6.89. The number of halogens is 2. The van der Waals surface area contributed by atoms with E-state index in [9.17, 15) is 0 Å². The lowest BCUT2D eigenvalue weighted by Crippen LogP contribution is -2.20. The van der Waals surface area contributed by atoms with Crippen molar-refractivity contribution < 1.29 is 0 Å². The van der Waals surface area contributed by atoms with E-state index in [1.165, 1.54) is 17.7 Å². The van der Waals surface area contributed by atoms with Crippen molar-refractivity contribution >= 4 is 35.0 Å². The largest absolute Gasteiger partial charge is 0.316 e. The normalized spacial score (nSPS) is 11.2. The highest BCUT2D eigenvalue weighted by molar-refractivity contribution is 7.99. The van der Waals surface area contributed by atoms with Crippen molar-refractivity contribution in [1.82, 2.24) is 5.32 Å². The van der Waals surface area contributed by atoms with Crippen LogP contribution >= 0.6 is 35.0 Å². The molecule has 1 N–H and O–H groups in total. The lowest BCUT2D eigenvalue weighted by molar-refractivity contribution is 0.541. The van der Waals surface area contributed by atoms with E-state index < -0.39 is 0 Å². The Hall–Kier alpha value is 0.110. The molecular weight excluding hydrogens is 285 g/mol. The van der Waals surface area contributed by atoms with Crippen LogP contribution in [0.1, 0.15) is 26.7 Å². The van der Waals surface area contributed by atoms with Crippen LogP contribution in [0.15, 0.2) is 23.1 Å². The lowest BCUT2D eigenvalue weighted by atomic mass is 10.2. The molecule has 0 saturated heterocycles. The summed E-state index contributed by atoms with van der Waals surface area (Å²) in [6.45, 7) is 6.68. The minimum absolute atomic E-state index is 0.624. The summed E-state index contributed by atoms with van der Waals surface area (Å²) in [5.74, 6) is 1.86. The number of hydrogen-bond acceptors (Lipinski definition) is 2. The van der Waals surface area contributed by atoms with Crippen LogP contribution in [0.25, 0.3) is 0 Å². The first-order valence-electron chi connectivity index (χ1n) is 6.38. The highest BCUT2D eigenvalue weighted by Gasteiger charge is 2.00. The Bertz CT molecular complexity index is 356. The highest BCUT2D eigenvalue weighted by Crippen LogP contribution is 2.28. The molecule has 1 aromatic rings. The predicted octanol–water partition coefficient (Wildman–Crippen LogP) is 5.11. The van der Waals surface area contributed by atoms with Gasteiger partial charge >= 0.3 is 0 Å². The van der Waals surface area contributed by atoms with Gasteiger partial charge in [0.05, 0.1) is 10.0 Å². The first-order valence-corrected chi connectivity index (χ1v) is 8.12. The van der Waals surface area contributed by atoms with E-state index in [0.29, 0.717) is 10.0 Å². The summed E-state index contributed by atoms with van der Waals surface area (Å²) in [6.07, 6.45) is 2.44. The average Bonchev–Trinajstić information content (AvgIpc) is 2.32. The van der Waals surface area contributed by atoms with E-state index in [1.807, 2.05) is 30.0 Å². The van der Waals surface area contributed by atoms with Crippen molar-refractivity contribution in [2.45, 2.75) is 31.6 Å². The Morgan fingerprint density at radius 1 is 1.17 bits per heavy atom. The van der Waals surface area contributed by atoms with Gasteiger partial charge in [0.2, 0.25) is 0 Å². The summed E-state index contributed by atoms with van der Waals surface area (Å²) < 4.78 is 0. The Labute approximate surface area is 125 Å². The molecule has 0 heterocycles. The topological polar surface area (TPSA) is 12.0 Å². The van der Waals surface area contributed by atoms with Crippen LogP contribution in [0.2, 0.25) is 10.0 Å². The van der Waals surface area contributed by atoms with Gasteiger partial charge in [0.15, 0.2) is 0 Å². The van der Waals surface area contributed by atoms with Crippen molar-refractivity contribution in [3.63, 3.8) is 0 Å². The highest BCUT2D eigenvalue weighted by atomic mass is 35.5. The molecule has 0 unspecified atom stereocenters. The van der Waals surface area contributed by atoms with Gasteiger partial charge in [-0.05, 0) is 55.8 Å². The van der Waals surface area contributed by atoms with E-state index >= 15 is 0 Å². The fourth-order valence-electron chi connectivity index (χ4n) is 1.50. The second-order valence-electron chi connectivity index (χ2n) is 4.73. The van der Waals surface area contributed by atoms with Crippen LogP contribution < -0.4 is 5.32 Å². The van der Waals surface area contributed by atoms with Crippen LogP contribution in [0.5, 0.6) is 0 Å². The number of rotatable bonds is 8. The van der Waals surface area contributed by atoms with Gasteiger partial charge in [-0.2, -0.15) is 0 Å². The molecule has 1 nitrogen and oxygen atoms in total. The number of hydrogen-bond donors (Lipinski definition) is 1. The molecule has 0 atom stereocenters. The molecule has 0 aromatic heterocycles. The Balaban J connectivity index is 2.09. The van der Waals surface area contributed by atoms with Gasteiger partial charge in [0, 0.05) is 4.90 Å². The zero-order chi connectivity index (χ0) is 13.4. The van der Waals surface area contributed by atoms with Gasteiger partial charge in [0.1, 0.15) is 0 Å². The smallest absolute Gasteiger partial charge is 0.0603 e. The molecular formula is C14H21Cl2NS. The second kappa shape index (κ2) is 9.08. The molecule has 0 amide bonds. The molecule has 1 aromatic carbocycles. The molecule has 0 aliphatic rings. The van der Waals surface area contributed by atoms with E-state index in [2.05, 4.69) is 19.2 Å². The Kier molecular flexibility index (Phi) is 8.16. The SMILES string of the molecule is CC(C)CNCCCCSc1ccc(Cl)c(Cl)c1. The Morgan fingerprint density at radius 2 is 1.94 bits per heavy atom. The third-order valence-corrected chi connectivity index (χ3v) is 4.28. The number of unbranched alkanes of at least 4 members (excludes halogenated alkanes) is 1. The van der Waals surface area contributed by atoms with E-state index in [1.54, 1.807) is 0 Å². The zero-order valence-corrected chi connectivity index (χ0v) is 13.3. The molecule has 18 heavy (non-hydrogen) atoms. The van der Waals surface area contributed by atoms with Crippen molar-refractivity contribution in [2.75, 3.05) is 18.8 Å². The molecule has 0 bridgehead atoms. The maximum atomic E-state index is 5.97. The summed E-state index contributed by atoms with van der Waals surface area (Å²) in [5, 5.41) is 4.72. The van der Waals surface area contributed by atoms with Crippen molar-refractivity contribution in [2.24, 2.45) is 5.92 Å². The average molecular weight is 306 g/mol. The van der Waals surface area contributed by atoms with Crippen LogP contribution in [0, 0.1) is 5.92 Å². The monoisotopic (exact) mass is 305 g/mol.